The zero-order valence-electron chi connectivity index (χ0n) is 11.5. The maximum absolute atomic E-state index is 13.3. The average molecular weight is 372 g/mol. The third-order valence-corrected chi connectivity index (χ3v) is 4.38. The molecule has 4 nitrogen and oxygen atoms in total. The number of pyridine rings is 1. The number of anilines is 1. The van der Waals surface area contributed by atoms with Gasteiger partial charge in [-0.05, 0) is 34.5 Å². The molecule has 0 aliphatic carbocycles. The first-order valence-electron chi connectivity index (χ1n) is 6.50. The lowest BCUT2D eigenvalue weighted by Crippen LogP contribution is -2.24. The topological polar surface area (TPSA) is 54.0 Å². The minimum absolute atomic E-state index is 0.221. The van der Waals surface area contributed by atoms with E-state index in [-0.39, 0.29) is 11.5 Å². The molecule has 0 aliphatic heterocycles. The van der Waals surface area contributed by atoms with E-state index in [0.29, 0.717) is 18.9 Å². The molecule has 112 valence electrons. The Hall–Kier alpha value is -1.47. The van der Waals surface area contributed by atoms with E-state index in [4.69, 9.17) is 0 Å². The number of rotatable bonds is 6. The van der Waals surface area contributed by atoms with Gasteiger partial charge in [0.1, 0.15) is 11.6 Å². The minimum Gasteiger partial charge on any atom is -0.369 e. The molecule has 7 heteroatoms. The van der Waals surface area contributed by atoms with Crippen LogP contribution < -0.4 is 10.6 Å². The van der Waals surface area contributed by atoms with Crippen LogP contribution in [0.2, 0.25) is 0 Å². The first-order valence-corrected chi connectivity index (χ1v) is 8.18. The van der Waals surface area contributed by atoms with Gasteiger partial charge in [-0.2, -0.15) is 0 Å². The Morgan fingerprint density at radius 2 is 2.29 bits per heavy atom. The summed E-state index contributed by atoms with van der Waals surface area (Å²) in [5, 5.41) is 7.75. The summed E-state index contributed by atoms with van der Waals surface area (Å²) in [5.41, 5.74) is 0.221. The highest BCUT2D eigenvalue weighted by Gasteiger charge is 2.14. The average Bonchev–Trinajstić information content (AvgIpc) is 2.89. The zero-order chi connectivity index (χ0) is 15.2. The van der Waals surface area contributed by atoms with Gasteiger partial charge in [0.2, 0.25) is 0 Å². The SMILES string of the molecule is CCCNc1ncc(F)cc1C(=O)NCc1cc(Br)cs1. The second-order valence-corrected chi connectivity index (χ2v) is 6.30. The summed E-state index contributed by atoms with van der Waals surface area (Å²) in [6, 6.07) is 3.13. The van der Waals surface area contributed by atoms with Crippen LogP contribution in [0.25, 0.3) is 0 Å². The normalized spacial score (nSPS) is 10.4. The molecule has 2 N–H and O–H groups in total. The second kappa shape index (κ2) is 7.51. The Labute approximate surface area is 134 Å². The van der Waals surface area contributed by atoms with E-state index >= 15 is 0 Å². The van der Waals surface area contributed by atoms with Gasteiger partial charge in [-0.1, -0.05) is 6.92 Å². The Balaban J connectivity index is 2.08. The second-order valence-electron chi connectivity index (χ2n) is 4.39. The van der Waals surface area contributed by atoms with Crippen LogP contribution in [-0.4, -0.2) is 17.4 Å². The number of nitrogens with one attached hydrogen (secondary N) is 2. The standard InChI is InChI=1S/C14H15BrFN3OS/c1-2-3-17-13-12(5-10(16)6-18-13)14(20)19-7-11-4-9(15)8-21-11/h4-6,8H,2-3,7H2,1H3,(H,17,18)(H,19,20). The van der Waals surface area contributed by atoms with Crippen LogP contribution in [0.5, 0.6) is 0 Å². The molecule has 0 saturated carbocycles. The van der Waals surface area contributed by atoms with Crippen LogP contribution in [0, 0.1) is 5.82 Å². The molecule has 0 atom stereocenters. The van der Waals surface area contributed by atoms with Crippen molar-refractivity contribution in [2.24, 2.45) is 0 Å². The molecule has 0 aromatic carbocycles. The summed E-state index contributed by atoms with van der Waals surface area (Å²) in [4.78, 5) is 17.2. The van der Waals surface area contributed by atoms with Gasteiger partial charge in [-0.25, -0.2) is 9.37 Å². The molecule has 0 fully saturated rings. The maximum atomic E-state index is 13.3. The van der Waals surface area contributed by atoms with Crippen molar-refractivity contribution in [2.75, 3.05) is 11.9 Å². The van der Waals surface area contributed by atoms with Crippen LogP contribution >= 0.6 is 27.3 Å². The summed E-state index contributed by atoms with van der Waals surface area (Å²) in [6.45, 7) is 3.08. The Morgan fingerprint density at radius 1 is 1.48 bits per heavy atom. The molecule has 0 bridgehead atoms. The van der Waals surface area contributed by atoms with Gasteiger partial charge in [0.15, 0.2) is 0 Å². The largest absolute Gasteiger partial charge is 0.369 e. The van der Waals surface area contributed by atoms with Gasteiger partial charge >= 0.3 is 0 Å². The molecular formula is C14H15BrFN3OS. The number of hydrogen-bond acceptors (Lipinski definition) is 4. The fraction of sp³-hybridized carbons (Fsp3) is 0.286. The Bertz CT molecular complexity index is 632. The molecule has 0 unspecified atom stereocenters. The van der Waals surface area contributed by atoms with Crippen LogP contribution in [0.1, 0.15) is 28.6 Å². The van der Waals surface area contributed by atoms with Gasteiger partial charge in [-0.3, -0.25) is 4.79 Å². The van der Waals surface area contributed by atoms with Crippen molar-refractivity contribution in [3.63, 3.8) is 0 Å². The van der Waals surface area contributed by atoms with Gasteiger partial charge < -0.3 is 10.6 Å². The van der Waals surface area contributed by atoms with Crippen molar-refractivity contribution in [1.29, 1.82) is 0 Å². The van der Waals surface area contributed by atoms with E-state index in [1.165, 1.54) is 6.07 Å². The molecule has 21 heavy (non-hydrogen) atoms. The predicted molar refractivity (Wildman–Crippen MR) is 86.2 cm³/mol. The van der Waals surface area contributed by atoms with E-state index in [9.17, 15) is 9.18 Å². The Kier molecular flexibility index (Phi) is 5.69. The smallest absolute Gasteiger partial charge is 0.255 e. The number of amides is 1. The number of hydrogen-bond donors (Lipinski definition) is 2. The maximum Gasteiger partial charge on any atom is 0.255 e. The third-order valence-electron chi connectivity index (χ3n) is 2.69. The van der Waals surface area contributed by atoms with Gasteiger partial charge in [0.25, 0.3) is 5.91 Å². The van der Waals surface area contributed by atoms with Crippen molar-refractivity contribution in [2.45, 2.75) is 19.9 Å². The summed E-state index contributed by atoms with van der Waals surface area (Å²) in [6.07, 6.45) is 1.99. The molecule has 0 aliphatic rings. The predicted octanol–water partition coefficient (Wildman–Crippen LogP) is 3.80. The monoisotopic (exact) mass is 371 g/mol. The first-order chi connectivity index (χ1) is 10.1. The van der Waals surface area contributed by atoms with E-state index < -0.39 is 5.82 Å². The fourth-order valence-corrected chi connectivity index (χ4v) is 3.10. The number of carbonyl (C=O) groups excluding carboxylic acids is 1. The summed E-state index contributed by atoms with van der Waals surface area (Å²) in [7, 11) is 0. The Morgan fingerprint density at radius 3 is 2.95 bits per heavy atom. The molecule has 0 radical (unpaired) electrons. The van der Waals surface area contributed by atoms with Crippen molar-refractivity contribution < 1.29 is 9.18 Å². The lowest BCUT2D eigenvalue weighted by molar-refractivity contribution is 0.0951. The minimum atomic E-state index is -0.527. The van der Waals surface area contributed by atoms with Crippen LogP contribution in [0.3, 0.4) is 0 Å². The van der Waals surface area contributed by atoms with Crippen molar-refractivity contribution in [1.82, 2.24) is 10.3 Å². The molecule has 2 rings (SSSR count). The van der Waals surface area contributed by atoms with E-state index in [1.807, 2.05) is 18.4 Å². The van der Waals surface area contributed by atoms with Crippen molar-refractivity contribution in [3.8, 4) is 0 Å². The molecule has 2 aromatic heterocycles. The molecule has 0 spiro atoms. The van der Waals surface area contributed by atoms with Crippen molar-refractivity contribution in [3.05, 3.63) is 44.4 Å². The number of thiophene rings is 1. The van der Waals surface area contributed by atoms with Gasteiger partial charge in [0, 0.05) is 21.3 Å². The quantitative estimate of drug-likeness (QED) is 0.811. The summed E-state index contributed by atoms with van der Waals surface area (Å²) >= 11 is 4.90. The highest BCUT2D eigenvalue weighted by molar-refractivity contribution is 9.10. The zero-order valence-corrected chi connectivity index (χ0v) is 13.9. The molecular weight excluding hydrogens is 357 g/mol. The number of carbonyl (C=O) groups is 1. The third kappa shape index (κ3) is 4.50. The van der Waals surface area contributed by atoms with E-state index in [2.05, 4.69) is 31.5 Å². The van der Waals surface area contributed by atoms with Crippen LogP contribution in [0.15, 0.2) is 28.2 Å². The van der Waals surface area contributed by atoms with Crippen LogP contribution in [0.4, 0.5) is 10.2 Å². The number of nitrogens with zero attached hydrogens (tertiary/aromatic N) is 1. The van der Waals surface area contributed by atoms with Crippen molar-refractivity contribution >= 4 is 39.0 Å². The molecule has 0 saturated heterocycles. The molecule has 2 aromatic rings. The summed E-state index contributed by atoms with van der Waals surface area (Å²) in [5.74, 6) is -0.464. The van der Waals surface area contributed by atoms with Gasteiger partial charge in [-0.15, -0.1) is 11.3 Å². The summed E-state index contributed by atoms with van der Waals surface area (Å²) < 4.78 is 14.3. The first kappa shape index (κ1) is 15.9. The highest BCUT2D eigenvalue weighted by atomic mass is 79.9. The van der Waals surface area contributed by atoms with E-state index in [1.54, 1.807) is 11.3 Å². The fourth-order valence-electron chi connectivity index (χ4n) is 1.71. The lowest BCUT2D eigenvalue weighted by atomic mass is 10.2. The molecule has 2 heterocycles. The lowest BCUT2D eigenvalue weighted by Gasteiger charge is -2.10. The number of halogens is 2. The highest BCUT2D eigenvalue weighted by Crippen LogP contribution is 2.20. The van der Waals surface area contributed by atoms with Crippen LogP contribution in [-0.2, 0) is 6.54 Å². The van der Waals surface area contributed by atoms with Gasteiger partial charge in [0.05, 0.1) is 18.3 Å². The molecule has 1 amide bonds. The number of aromatic nitrogens is 1. The van der Waals surface area contributed by atoms with E-state index in [0.717, 1.165) is 22.0 Å².